The highest BCUT2D eigenvalue weighted by atomic mass is 16.5. The van der Waals surface area contributed by atoms with Crippen LogP contribution in [-0.2, 0) is 9.53 Å². The molecule has 1 fully saturated rings. The zero-order valence-electron chi connectivity index (χ0n) is 11.2. The van der Waals surface area contributed by atoms with Crippen molar-refractivity contribution in [2.75, 3.05) is 25.0 Å². The molecule has 2 N–H and O–H groups in total. The molecule has 1 aliphatic rings. The number of carbonyl (C=O) groups is 1. The predicted octanol–water partition coefficient (Wildman–Crippen LogP) is 2.17. The van der Waals surface area contributed by atoms with Crippen molar-refractivity contribution in [2.45, 2.75) is 31.8 Å². The lowest BCUT2D eigenvalue weighted by Crippen LogP contribution is -2.31. The summed E-state index contributed by atoms with van der Waals surface area (Å²) in [4.78, 5) is 11.6. The fourth-order valence-electron chi connectivity index (χ4n) is 2.28. The molecule has 4 nitrogen and oxygen atoms in total. The second-order valence-electron chi connectivity index (χ2n) is 4.87. The number of rotatable bonds is 7. The molecule has 0 unspecified atom stereocenters. The SMILES string of the molecule is O=C(CNCCOC1CCCC1)Nc1ccccc1. The van der Waals surface area contributed by atoms with E-state index in [2.05, 4.69) is 10.6 Å². The fourth-order valence-corrected chi connectivity index (χ4v) is 2.28. The quantitative estimate of drug-likeness (QED) is 0.740. The van der Waals surface area contributed by atoms with E-state index >= 15 is 0 Å². The molecule has 0 spiro atoms. The van der Waals surface area contributed by atoms with Gasteiger partial charge in [0.1, 0.15) is 0 Å². The van der Waals surface area contributed by atoms with Crippen molar-refractivity contribution in [3.05, 3.63) is 30.3 Å². The van der Waals surface area contributed by atoms with Gasteiger partial charge in [-0.25, -0.2) is 0 Å². The first-order chi connectivity index (χ1) is 9.34. The van der Waals surface area contributed by atoms with Crippen molar-refractivity contribution in [3.8, 4) is 0 Å². The minimum atomic E-state index is -0.0212. The Morgan fingerprint density at radius 1 is 1.21 bits per heavy atom. The number of anilines is 1. The highest BCUT2D eigenvalue weighted by molar-refractivity contribution is 5.92. The molecule has 1 aliphatic carbocycles. The third kappa shape index (κ3) is 5.41. The maximum atomic E-state index is 11.6. The fraction of sp³-hybridized carbons (Fsp3) is 0.533. The van der Waals surface area contributed by atoms with Crippen LogP contribution >= 0.6 is 0 Å². The zero-order chi connectivity index (χ0) is 13.3. The summed E-state index contributed by atoms with van der Waals surface area (Å²) in [6, 6.07) is 9.48. The van der Waals surface area contributed by atoms with E-state index in [4.69, 9.17) is 4.74 Å². The molecule has 19 heavy (non-hydrogen) atoms. The van der Waals surface area contributed by atoms with Crippen LogP contribution < -0.4 is 10.6 Å². The minimum Gasteiger partial charge on any atom is -0.377 e. The van der Waals surface area contributed by atoms with E-state index in [0.29, 0.717) is 19.3 Å². The Labute approximate surface area is 114 Å². The number of hydrogen-bond acceptors (Lipinski definition) is 3. The van der Waals surface area contributed by atoms with Gasteiger partial charge in [-0.05, 0) is 25.0 Å². The number of hydrogen-bond donors (Lipinski definition) is 2. The Bertz CT molecular complexity index is 375. The summed E-state index contributed by atoms with van der Waals surface area (Å²) in [6.45, 7) is 1.73. The molecule has 0 atom stereocenters. The lowest BCUT2D eigenvalue weighted by molar-refractivity contribution is -0.115. The molecule has 0 heterocycles. The molecule has 0 radical (unpaired) electrons. The number of ether oxygens (including phenoxy) is 1. The van der Waals surface area contributed by atoms with Gasteiger partial charge in [-0.1, -0.05) is 31.0 Å². The van der Waals surface area contributed by atoms with Gasteiger partial charge in [-0.2, -0.15) is 0 Å². The third-order valence-electron chi connectivity index (χ3n) is 3.28. The predicted molar refractivity (Wildman–Crippen MR) is 76.1 cm³/mol. The number of benzene rings is 1. The minimum absolute atomic E-state index is 0.0212. The zero-order valence-corrected chi connectivity index (χ0v) is 11.2. The van der Waals surface area contributed by atoms with Crippen LogP contribution in [-0.4, -0.2) is 31.7 Å². The van der Waals surface area contributed by atoms with Crippen LogP contribution in [0, 0.1) is 0 Å². The Morgan fingerprint density at radius 3 is 2.68 bits per heavy atom. The van der Waals surface area contributed by atoms with Gasteiger partial charge in [0.2, 0.25) is 5.91 Å². The lowest BCUT2D eigenvalue weighted by atomic mass is 10.3. The first-order valence-electron chi connectivity index (χ1n) is 7.02. The maximum absolute atomic E-state index is 11.6. The molecule has 104 valence electrons. The van der Waals surface area contributed by atoms with Crippen LogP contribution in [0.2, 0.25) is 0 Å². The first-order valence-corrected chi connectivity index (χ1v) is 7.02. The van der Waals surface area contributed by atoms with E-state index < -0.39 is 0 Å². The van der Waals surface area contributed by atoms with E-state index in [-0.39, 0.29) is 5.91 Å². The van der Waals surface area contributed by atoms with Crippen molar-refractivity contribution < 1.29 is 9.53 Å². The molecular weight excluding hydrogens is 240 g/mol. The summed E-state index contributed by atoms with van der Waals surface area (Å²) in [7, 11) is 0. The second kappa shape index (κ2) is 7.92. The van der Waals surface area contributed by atoms with Crippen LogP contribution in [0.1, 0.15) is 25.7 Å². The molecule has 0 bridgehead atoms. The van der Waals surface area contributed by atoms with Gasteiger partial charge in [0.15, 0.2) is 0 Å². The maximum Gasteiger partial charge on any atom is 0.238 e. The van der Waals surface area contributed by atoms with Crippen LogP contribution in [0.4, 0.5) is 5.69 Å². The lowest BCUT2D eigenvalue weighted by Gasteiger charge is -2.11. The number of nitrogens with one attached hydrogen (secondary N) is 2. The van der Waals surface area contributed by atoms with Crippen molar-refractivity contribution in [3.63, 3.8) is 0 Å². The summed E-state index contributed by atoms with van der Waals surface area (Å²) in [5.41, 5.74) is 0.830. The number of para-hydroxylation sites is 1. The van der Waals surface area contributed by atoms with E-state index in [1.54, 1.807) is 0 Å². The monoisotopic (exact) mass is 262 g/mol. The Kier molecular flexibility index (Phi) is 5.85. The van der Waals surface area contributed by atoms with Crippen molar-refractivity contribution in [1.82, 2.24) is 5.32 Å². The third-order valence-corrected chi connectivity index (χ3v) is 3.28. The van der Waals surface area contributed by atoms with Gasteiger partial charge in [-0.15, -0.1) is 0 Å². The summed E-state index contributed by atoms with van der Waals surface area (Å²) in [5.74, 6) is -0.0212. The van der Waals surface area contributed by atoms with Crippen LogP contribution in [0.25, 0.3) is 0 Å². The molecule has 1 aromatic rings. The summed E-state index contributed by atoms with van der Waals surface area (Å²) < 4.78 is 5.71. The van der Waals surface area contributed by atoms with Gasteiger partial charge < -0.3 is 15.4 Å². The van der Waals surface area contributed by atoms with E-state index in [9.17, 15) is 4.79 Å². The first kappa shape index (κ1) is 14.0. The highest BCUT2D eigenvalue weighted by Crippen LogP contribution is 2.20. The van der Waals surface area contributed by atoms with Gasteiger partial charge in [0.25, 0.3) is 0 Å². The van der Waals surface area contributed by atoms with Crippen molar-refractivity contribution in [2.24, 2.45) is 0 Å². The molecular formula is C15H22N2O2. The highest BCUT2D eigenvalue weighted by Gasteiger charge is 2.14. The average molecular weight is 262 g/mol. The molecule has 1 saturated carbocycles. The van der Waals surface area contributed by atoms with E-state index in [1.165, 1.54) is 25.7 Å². The Balaban J connectivity index is 1.51. The molecule has 0 aromatic heterocycles. The Morgan fingerprint density at radius 2 is 1.95 bits per heavy atom. The normalized spacial score (nSPS) is 15.6. The molecule has 4 heteroatoms. The summed E-state index contributed by atoms with van der Waals surface area (Å²) >= 11 is 0. The standard InChI is InChI=1S/C15H22N2O2/c18-15(17-13-6-2-1-3-7-13)12-16-10-11-19-14-8-4-5-9-14/h1-3,6-7,14,16H,4-5,8-12H2,(H,17,18). The van der Waals surface area contributed by atoms with Crippen molar-refractivity contribution >= 4 is 11.6 Å². The topological polar surface area (TPSA) is 50.4 Å². The van der Waals surface area contributed by atoms with E-state index in [1.807, 2.05) is 30.3 Å². The van der Waals surface area contributed by atoms with Crippen molar-refractivity contribution in [1.29, 1.82) is 0 Å². The average Bonchev–Trinajstić information content (AvgIpc) is 2.92. The number of amides is 1. The summed E-state index contributed by atoms with van der Waals surface area (Å²) in [6.07, 6.45) is 5.40. The van der Waals surface area contributed by atoms with Gasteiger partial charge in [0.05, 0.1) is 19.3 Å². The molecule has 0 saturated heterocycles. The molecule has 0 aliphatic heterocycles. The van der Waals surface area contributed by atoms with Gasteiger partial charge in [0, 0.05) is 12.2 Å². The largest absolute Gasteiger partial charge is 0.377 e. The molecule has 1 aromatic carbocycles. The van der Waals surface area contributed by atoms with Crippen LogP contribution in [0.5, 0.6) is 0 Å². The van der Waals surface area contributed by atoms with Crippen LogP contribution in [0.3, 0.4) is 0 Å². The van der Waals surface area contributed by atoms with Gasteiger partial charge >= 0.3 is 0 Å². The molecule has 2 rings (SSSR count). The Hall–Kier alpha value is -1.39. The number of carbonyl (C=O) groups excluding carboxylic acids is 1. The van der Waals surface area contributed by atoms with Gasteiger partial charge in [-0.3, -0.25) is 4.79 Å². The smallest absolute Gasteiger partial charge is 0.238 e. The second-order valence-corrected chi connectivity index (χ2v) is 4.87. The summed E-state index contributed by atoms with van der Waals surface area (Å²) in [5, 5.41) is 5.92. The molecule has 1 amide bonds. The van der Waals surface area contributed by atoms with Crippen LogP contribution in [0.15, 0.2) is 30.3 Å². The van der Waals surface area contributed by atoms with E-state index in [0.717, 1.165) is 12.2 Å².